The molecule has 0 fully saturated rings. The quantitative estimate of drug-likeness (QED) is 0.702. The van der Waals surface area contributed by atoms with Gasteiger partial charge in [-0.3, -0.25) is 9.89 Å². The molecule has 0 unspecified atom stereocenters. The molecule has 0 aromatic carbocycles. The highest BCUT2D eigenvalue weighted by Crippen LogP contribution is 2.15. The van der Waals surface area contributed by atoms with Gasteiger partial charge in [0.1, 0.15) is 0 Å². The highest BCUT2D eigenvalue weighted by atomic mass is 16.5. The van der Waals surface area contributed by atoms with E-state index in [0.29, 0.717) is 17.6 Å². The maximum atomic E-state index is 12.1. The standard InChI is InChI=1S/C15H17N5O2/c1-9-11(10(2)19-18-9)5-3-8-17-15(21)13-12-6-4-7-16-14(12)20-22-13/h4,6-7H,3,5,8H2,1-2H3,(H,17,21)(H,18,19). The van der Waals surface area contributed by atoms with Crippen molar-refractivity contribution in [1.82, 2.24) is 25.7 Å². The van der Waals surface area contributed by atoms with Gasteiger partial charge in [0, 0.05) is 18.4 Å². The Kier molecular flexibility index (Phi) is 3.86. The van der Waals surface area contributed by atoms with E-state index in [2.05, 4.69) is 25.7 Å². The van der Waals surface area contributed by atoms with Crippen LogP contribution in [-0.2, 0) is 6.42 Å². The Labute approximate surface area is 127 Å². The molecule has 0 atom stereocenters. The summed E-state index contributed by atoms with van der Waals surface area (Å²) >= 11 is 0. The normalized spacial score (nSPS) is 11.0. The average Bonchev–Trinajstić information content (AvgIpc) is 3.08. The van der Waals surface area contributed by atoms with Gasteiger partial charge in [0.25, 0.3) is 5.91 Å². The number of aromatic nitrogens is 4. The van der Waals surface area contributed by atoms with Gasteiger partial charge in [0.15, 0.2) is 0 Å². The van der Waals surface area contributed by atoms with E-state index >= 15 is 0 Å². The number of carbonyl (C=O) groups excluding carboxylic acids is 1. The first-order chi connectivity index (χ1) is 10.7. The highest BCUT2D eigenvalue weighted by Gasteiger charge is 2.16. The number of amides is 1. The van der Waals surface area contributed by atoms with Crippen LogP contribution >= 0.6 is 0 Å². The van der Waals surface area contributed by atoms with Gasteiger partial charge >= 0.3 is 0 Å². The Morgan fingerprint density at radius 2 is 2.27 bits per heavy atom. The first-order valence-electron chi connectivity index (χ1n) is 7.16. The Morgan fingerprint density at radius 3 is 3.05 bits per heavy atom. The number of aromatic amines is 1. The molecule has 0 aliphatic rings. The molecular weight excluding hydrogens is 282 g/mol. The Balaban J connectivity index is 1.57. The zero-order chi connectivity index (χ0) is 15.5. The molecule has 0 radical (unpaired) electrons. The van der Waals surface area contributed by atoms with Crippen molar-refractivity contribution in [2.45, 2.75) is 26.7 Å². The third-order valence-electron chi connectivity index (χ3n) is 3.63. The summed E-state index contributed by atoms with van der Waals surface area (Å²) in [5.41, 5.74) is 3.74. The molecule has 3 heterocycles. The molecule has 0 spiro atoms. The largest absolute Gasteiger partial charge is 0.349 e. The van der Waals surface area contributed by atoms with E-state index in [0.717, 1.165) is 24.2 Å². The first kappa shape index (κ1) is 14.2. The summed E-state index contributed by atoms with van der Waals surface area (Å²) in [6.45, 7) is 4.54. The number of carbonyl (C=O) groups is 1. The molecule has 0 aliphatic carbocycles. The summed E-state index contributed by atoms with van der Waals surface area (Å²) in [5, 5.41) is 14.4. The summed E-state index contributed by atoms with van der Waals surface area (Å²) in [6.07, 6.45) is 3.31. The molecule has 2 N–H and O–H groups in total. The molecule has 3 aromatic heterocycles. The van der Waals surface area contributed by atoms with Crippen LogP contribution in [0.5, 0.6) is 0 Å². The minimum absolute atomic E-state index is 0.207. The Bertz CT molecular complexity index is 786. The fourth-order valence-electron chi connectivity index (χ4n) is 2.44. The third-order valence-corrected chi connectivity index (χ3v) is 3.63. The van der Waals surface area contributed by atoms with Crippen LogP contribution in [0.2, 0.25) is 0 Å². The van der Waals surface area contributed by atoms with E-state index in [1.807, 2.05) is 13.8 Å². The molecule has 0 aliphatic heterocycles. The maximum absolute atomic E-state index is 12.1. The van der Waals surface area contributed by atoms with Crippen LogP contribution in [0.25, 0.3) is 11.0 Å². The van der Waals surface area contributed by atoms with Crippen LogP contribution < -0.4 is 5.32 Å². The van der Waals surface area contributed by atoms with Crippen molar-refractivity contribution in [1.29, 1.82) is 0 Å². The van der Waals surface area contributed by atoms with Gasteiger partial charge in [-0.1, -0.05) is 5.16 Å². The number of pyridine rings is 1. The highest BCUT2D eigenvalue weighted by molar-refractivity contribution is 6.02. The fourth-order valence-corrected chi connectivity index (χ4v) is 2.44. The number of H-pyrrole nitrogens is 1. The molecule has 114 valence electrons. The van der Waals surface area contributed by atoms with Gasteiger partial charge in [0.2, 0.25) is 11.4 Å². The SMILES string of the molecule is Cc1n[nH]c(C)c1CCCNC(=O)c1onc2ncccc12. The van der Waals surface area contributed by atoms with Crippen molar-refractivity contribution in [3.8, 4) is 0 Å². The molecule has 3 aromatic rings. The van der Waals surface area contributed by atoms with Crippen LogP contribution in [-0.4, -0.2) is 32.8 Å². The zero-order valence-electron chi connectivity index (χ0n) is 12.5. The Morgan fingerprint density at radius 1 is 1.41 bits per heavy atom. The number of hydrogen-bond donors (Lipinski definition) is 2. The predicted molar refractivity (Wildman–Crippen MR) is 80.5 cm³/mol. The van der Waals surface area contributed by atoms with E-state index in [9.17, 15) is 4.79 Å². The minimum Gasteiger partial charge on any atom is -0.349 e. The maximum Gasteiger partial charge on any atom is 0.290 e. The predicted octanol–water partition coefficient (Wildman–Crippen LogP) is 1.93. The number of nitrogens with one attached hydrogen (secondary N) is 2. The van der Waals surface area contributed by atoms with Gasteiger partial charge in [-0.2, -0.15) is 5.10 Å². The first-order valence-corrected chi connectivity index (χ1v) is 7.16. The molecule has 0 bridgehead atoms. The van der Waals surface area contributed by atoms with Crippen LogP contribution in [0, 0.1) is 13.8 Å². The molecule has 7 heteroatoms. The molecule has 0 saturated carbocycles. The summed E-state index contributed by atoms with van der Waals surface area (Å²) in [4.78, 5) is 16.2. The molecular formula is C15H17N5O2. The van der Waals surface area contributed by atoms with Crippen molar-refractivity contribution >= 4 is 16.9 Å². The van der Waals surface area contributed by atoms with Crippen LogP contribution in [0.4, 0.5) is 0 Å². The topological polar surface area (TPSA) is 96.7 Å². The molecule has 0 saturated heterocycles. The number of fused-ring (bicyclic) bond motifs is 1. The molecule has 1 amide bonds. The van der Waals surface area contributed by atoms with E-state index in [-0.39, 0.29) is 11.7 Å². The van der Waals surface area contributed by atoms with Gasteiger partial charge in [-0.05, 0) is 44.4 Å². The van der Waals surface area contributed by atoms with Crippen LogP contribution in [0.3, 0.4) is 0 Å². The summed E-state index contributed by atoms with van der Waals surface area (Å²) in [5.74, 6) is -0.0603. The number of aryl methyl sites for hydroxylation is 2. The lowest BCUT2D eigenvalue weighted by atomic mass is 10.1. The van der Waals surface area contributed by atoms with Gasteiger partial charge < -0.3 is 9.84 Å². The van der Waals surface area contributed by atoms with Crippen molar-refractivity contribution in [2.75, 3.05) is 6.54 Å². The third kappa shape index (κ3) is 2.69. The smallest absolute Gasteiger partial charge is 0.290 e. The van der Waals surface area contributed by atoms with Gasteiger partial charge in [0.05, 0.1) is 11.1 Å². The lowest BCUT2D eigenvalue weighted by Crippen LogP contribution is -2.24. The van der Waals surface area contributed by atoms with E-state index < -0.39 is 0 Å². The van der Waals surface area contributed by atoms with Crippen molar-refractivity contribution < 1.29 is 9.32 Å². The second-order valence-electron chi connectivity index (χ2n) is 5.16. The zero-order valence-corrected chi connectivity index (χ0v) is 12.5. The lowest BCUT2D eigenvalue weighted by Gasteiger charge is -2.03. The van der Waals surface area contributed by atoms with Crippen molar-refractivity contribution in [3.05, 3.63) is 41.0 Å². The number of hydrogen-bond acceptors (Lipinski definition) is 5. The van der Waals surface area contributed by atoms with E-state index in [4.69, 9.17) is 4.52 Å². The second kappa shape index (κ2) is 5.97. The number of rotatable bonds is 5. The van der Waals surface area contributed by atoms with Gasteiger partial charge in [-0.15, -0.1) is 0 Å². The summed E-state index contributed by atoms with van der Waals surface area (Å²) < 4.78 is 5.08. The number of nitrogens with zero attached hydrogens (tertiary/aromatic N) is 3. The van der Waals surface area contributed by atoms with E-state index in [1.165, 1.54) is 5.56 Å². The average molecular weight is 299 g/mol. The fraction of sp³-hybridized carbons (Fsp3) is 0.333. The molecule has 7 nitrogen and oxygen atoms in total. The summed E-state index contributed by atoms with van der Waals surface area (Å²) in [7, 11) is 0. The Hall–Kier alpha value is -2.70. The molecule has 3 rings (SSSR count). The summed E-state index contributed by atoms with van der Waals surface area (Å²) in [6, 6.07) is 3.52. The van der Waals surface area contributed by atoms with Gasteiger partial charge in [-0.25, -0.2) is 4.98 Å². The second-order valence-corrected chi connectivity index (χ2v) is 5.16. The van der Waals surface area contributed by atoms with E-state index in [1.54, 1.807) is 18.3 Å². The van der Waals surface area contributed by atoms with Crippen LogP contribution in [0.15, 0.2) is 22.9 Å². The molecule has 22 heavy (non-hydrogen) atoms. The van der Waals surface area contributed by atoms with Crippen molar-refractivity contribution in [3.63, 3.8) is 0 Å². The van der Waals surface area contributed by atoms with Crippen LogP contribution in [0.1, 0.15) is 33.9 Å². The minimum atomic E-state index is -0.267. The van der Waals surface area contributed by atoms with Crippen molar-refractivity contribution in [2.24, 2.45) is 0 Å². The lowest BCUT2D eigenvalue weighted by molar-refractivity contribution is 0.0919. The monoisotopic (exact) mass is 299 g/mol.